The molecule has 2 aromatic rings. The summed E-state index contributed by atoms with van der Waals surface area (Å²) < 4.78 is 7.37. The van der Waals surface area contributed by atoms with Gasteiger partial charge in [0.25, 0.3) is 5.91 Å². The number of nitrogens with one attached hydrogen (secondary N) is 1. The monoisotopic (exact) mass is 334 g/mol. The Morgan fingerprint density at radius 3 is 3.00 bits per heavy atom. The summed E-state index contributed by atoms with van der Waals surface area (Å²) in [7, 11) is 0. The fourth-order valence-electron chi connectivity index (χ4n) is 2.90. The molecule has 1 amide bonds. The van der Waals surface area contributed by atoms with E-state index in [1.807, 2.05) is 11.5 Å². The van der Waals surface area contributed by atoms with Crippen molar-refractivity contribution in [3.8, 4) is 0 Å². The summed E-state index contributed by atoms with van der Waals surface area (Å²) in [5, 5.41) is 3.74. The maximum atomic E-state index is 12.6. The van der Waals surface area contributed by atoms with Gasteiger partial charge in [0.2, 0.25) is 5.43 Å². The summed E-state index contributed by atoms with van der Waals surface area (Å²) in [6.07, 6.45) is 3.61. The Bertz CT molecular complexity index is 794. The van der Waals surface area contributed by atoms with Crippen LogP contribution in [0.25, 0.3) is 10.9 Å². The van der Waals surface area contributed by atoms with Gasteiger partial charge in [-0.25, -0.2) is 0 Å². The van der Waals surface area contributed by atoms with Crippen molar-refractivity contribution in [2.45, 2.75) is 32.4 Å². The smallest absolute Gasteiger partial charge is 0.256 e. The van der Waals surface area contributed by atoms with Crippen LogP contribution in [0.15, 0.2) is 29.2 Å². The van der Waals surface area contributed by atoms with E-state index < -0.39 is 0 Å². The van der Waals surface area contributed by atoms with Crippen LogP contribution < -0.4 is 10.7 Å². The fourth-order valence-corrected chi connectivity index (χ4v) is 3.07. The maximum Gasteiger partial charge on any atom is 0.256 e. The molecule has 1 aromatic heterocycles. The Kier molecular flexibility index (Phi) is 4.68. The second-order valence-corrected chi connectivity index (χ2v) is 6.10. The van der Waals surface area contributed by atoms with E-state index in [1.165, 1.54) is 0 Å². The van der Waals surface area contributed by atoms with Gasteiger partial charge in [0.15, 0.2) is 0 Å². The molecule has 1 saturated heterocycles. The molecular weight excluding hydrogens is 316 g/mol. The third kappa shape index (κ3) is 3.26. The quantitative estimate of drug-likeness (QED) is 0.935. The van der Waals surface area contributed by atoms with Crippen molar-refractivity contribution in [2.24, 2.45) is 0 Å². The van der Waals surface area contributed by atoms with Gasteiger partial charge in [0, 0.05) is 36.3 Å². The average molecular weight is 335 g/mol. The Morgan fingerprint density at radius 2 is 2.30 bits per heavy atom. The molecule has 122 valence electrons. The molecule has 1 fully saturated rings. The molecular formula is C17H19ClN2O3. The number of aromatic nitrogens is 1. The van der Waals surface area contributed by atoms with Gasteiger partial charge in [-0.3, -0.25) is 9.59 Å². The summed E-state index contributed by atoms with van der Waals surface area (Å²) in [6, 6.07) is 5.16. The lowest BCUT2D eigenvalue weighted by Crippen LogP contribution is -2.35. The molecule has 2 heterocycles. The van der Waals surface area contributed by atoms with Crippen LogP contribution in [-0.4, -0.2) is 29.7 Å². The molecule has 0 bridgehead atoms. The van der Waals surface area contributed by atoms with Crippen LogP contribution in [0, 0.1) is 0 Å². The molecule has 3 rings (SSSR count). The van der Waals surface area contributed by atoms with E-state index in [1.54, 1.807) is 24.4 Å². The van der Waals surface area contributed by atoms with Crippen LogP contribution in [0.3, 0.4) is 0 Å². The Hall–Kier alpha value is -1.85. The first-order valence-electron chi connectivity index (χ1n) is 7.82. The number of pyridine rings is 1. The van der Waals surface area contributed by atoms with Gasteiger partial charge in [0.1, 0.15) is 5.56 Å². The Morgan fingerprint density at radius 1 is 1.48 bits per heavy atom. The van der Waals surface area contributed by atoms with Crippen molar-refractivity contribution in [3.63, 3.8) is 0 Å². The highest BCUT2D eigenvalue weighted by Crippen LogP contribution is 2.18. The standard InChI is InChI=1S/C17H19ClN2O3/c1-2-20-10-14(17(22)19-9-12-4-3-7-23-12)16(21)13-8-11(18)5-6-15(13)20/h5-6,8,10,12H,2-4,7,9H2,1H3,(H,19,22)/t12-/m0/s1. The molecule has 6 heteroatoms. The largest absolute Gasteiger partial charge is 0.376 e. The molecule has 0 aliphatic carbocycles. The van der Waals surface area contributed by atoms with Crippen molar-refractivity contribution in [2.75, 3.05) is 13.2 Å². The molecule has 0 spiro atoms. The number of hydrogen-bond donors (Lipinski definition) is 1. The van der Waals surface area contributed by atoms with Gasteiger partial charge in [-0.1, -0.05) is 11.6 Å². The minimum Gasteiger partial charge on any atom is -0.376 e. The van der Waals surface area contributed by atoms with Crippen LogP contribution in [0.2, 0.25) is 5.02 Å². The highest BCUT2D eigenvalue weighted by molar-refractivity contribution is 6.31. The summed E-state index contributed by atoms with van der Waals surface area (Å²) in [5.74, 6) is -0.366. The van der Waals surface area contributed by atoms with Crippen molar-refractivity contribution >= 4 is 28.4 Å². The second kappa shape index (κ2) is 6.72. The molecule has 1 aliphatic rings. The molecule has 0 unspecified atom stereocenters. The van der Waals surface area contributed by atoms with Crippen LogP contribution in [0.5, 0.6) is 0 Å². The normalized spacial score (nSPS) is 17.6. The first kappa shape index (κ1) is 16.0. The highest BCUT2D eigenvalue weighted by atomic mass is 35.5. The maximum absolute atomic E-state index is 12.6. The number of nitrogens with zero attached hydrogens (tertiary/aromatic N) is 1. The van der Waals surface area contributed by atoms with E-state index in [9.17, 15) is 9.59 Å². The fraction of sp³-hybridized carbons (Fsp3) is 0.412. The SMILES string of the molecule is CCn1cc(C(=O)NC[C@@H]2CCCO2)c(=O)c2cc(Cl)ccc21. The van der Waals surface area contributed by atoms with E-state index in [-0.39, 0.29) is 23.0 Å². The number of carbonyl (C=O) groups is 1. The minimum absolute atomic E-state index is 0.0438. The van der Waals surface area contributed by atoms with Crippen LogP contribution in [0.1, 0.15) is 30.1 Å². The minimum atomic E-state index is -0.366. The first-order chi connectivity index (χ1) is 11.1. The summed E-state index contributed by atoms with van der Waals surface area (Å²) >= 11 is 6.00. The highest BCUT2D eigenvalue weighted by Gasteiger charge is 2.19. The van der Waals surface area contributed by atoms with Crippen molar-refractivity contribution < 1.29 is 9.53 Å². The molecule has 5 nitrogen and oxygen atoms in total. The molecule has 23 heavy (non-hydrogen) atoms. The lowest BCUT2D eigenvalue weighted by atomic mass is 10.1. The van der Waals surface area contributed by atoms with Gasteiger partial charge in [-0.15, -0.1) is 0 Å². The summed E-state index contributed by atoms with van der Waals surface area (Å²) in [4.78, 5) is 25.0. The number of fused-ring (bicyclic) bond motifs is 1. The van der Waals surface area contributed by atoms with E-state index in [4.69, 9.17) is 16.3 Å². The summed E-state index contributed by atoms with van der Waals surface area (Å²) in [5.41, 5.74) is 0.620. The van der Waals surface area contributed by atoms with Crippen LogP contribution in [0.4, 0.5) is 0 Å². The Balaban J connectivity index is 1.94. The zero-order valence-corrected chi connectivity index (χ0v) is 13.7. The number of halogens is 1. The van der Waals surface area contributed by atoms with Gasteiger partial charge < -0.3 is 14.6 Å². The molecule has 1 aromatic carbocycles. The van der Waals surface area contributed by atoms with Crippen molar-refractivity contribution in [3.05, 3.63) is 45.2 Å². The first-order valence-corrected chi connectivity index (χ1v) is 8.20. The zero-order chi connectivity index (χ0) is 16.4. The van der Waals surface area contributed by atoms with Crippen LogP contribution >= 0.6 is 11.6 Å². The lowest BCUT2D eigenvalue weighted by Gasteiger charge is -2.13. The van der Waals surface area contributed by atoms with E-state index in [2.05, 4.69) is 5.32 Å². The molecule has 1 aliphatic heterocycles. The lowest BCUT2D eigenvalue weighted by molar-refractivity contribution is 0.0856. The predicted octanol–water partition coefficient (Wildman–Crippen LogP) is 2.58. The number of rotatable bonds is 4. The Labute approximate surface area is 139 Å². The number of hydrogen-bond acceptors (Lipinski definition) is 3. The third-order valence-corrected chi connectivity index (χ3v) is 4.38. The summed E-state index contributed by atoms with van der Waals surface area (Å²) in [6.45, 7) is 3.78. The topological polar surface area (TPSA) is 60.3 Å². The molecule has 0 saturated carbocycles. The number of ether oxygens (including phenoxy) is 1. The van der Waals surface area contributed by atoms with Crippen molar-refractivity contribution in [1.29, 1.82) is 0 Å². The van der Waals surface area contributed by atoms with E-state index in [0.717, 1.165) is 25.0 Å². The predicted molar refractivity (Wildman–Crippen MR) is 90.2 cm³/mol. The van der Waals surface area contributed by atoms with Gasteiger partial charge in [-0.05, 0) is 38.0 Å². The van der Waals surface area contributed by atoms with Gasteiger partial charge >= 0.3 is 0 Å². The van der Waals surface area contributed by atoms with E-state index in [0.29, 0.717) is 23.5 Å². The zero-order valence-electron chi connectivity index (χ0n) is 13.0. The molecule has 1 N–H and O–H groups in total. The number of aryl methyl sites for hydroxylation is 1. The van der Waals surface area contributed by atoms with Gasteiger partial charge in [-0.2, -0.15) is 0 Å². The second-order valence-electron chi connectivity index (χ2n) is 5.66. The molecule has 1 atom stereocenters. The number of amides is 1. The van der Waals surface area contributed by atoms with Gasteiger partial charge in [0.05, 0.1) is 11.6 Å². The number of carbonyl (C=O) groups excluding carboxylic acids is 1. The van der Waals surface area contributed by atoms with Crippen molar-refractivity contribution in [1.82, 2.24) is 9.88 Å². The third-order valence-electron chi connectivity index (χ3n) is 4.14. The molecule has 0 radical (unpaired) electrons. The number of benzene rings is 1. The average Bonchev–Trinajstić information content (AvgIpc) is 3.07. The van der Waals surface area contributed by atoms with Crippen LogP contribution in [-0.2, 0) is 11.3 Å². The van der Waals surface area contributed by atoms with E-state index >= 15 is 0 Å².